The summed E-state index contributed by atoms with van der Waals surface area (Å²) in [5, 5.41) is 7.60. The second kappa shape index (κ2) is 11.0. The average Bonchev–Trinajstić information content (AvgIpc) is 3.60. The topological polar surface area (TPSA) is 87.2 Å². The van der Waals surface area contributed by atoms with Gasteiger partial charge in [0.25, 0.3) is 0 Å². The molecule has 4 rings (SSSR count). The highest BCUT2D eigenvalue weighted by Crippen LogP contribution is 2.41. The van der Waals surface area contributed by atoms with Crippen LogP contribution in [0.15, 0.2) is 59.6 Å². The van der Waals surface area contributed by atoms with Gasteiger partial charge in [0.1, 0.15) is 11.1 Å². The first-order valence-corrected chi connectivity index (χ1v) is 12.3. The molecule has 0 aliphatic carbocycles. The van der Waals surface area contributed by atoms with Crippen LogP contribution in [0.5, 0.6) is 28.9 Å². The van der Waals surface area contributed by atoms with Crippen LogP contribution in [0.2, 0.25) is 0 Å². The van der Waals surface area contributed by atoms with Crippen molar-refractivity contribution in [2.24, 2.45) is 4.99 Å². The predicted molar refractivity (Wildman–Crippen MR) is 145 cm³/mol. The molecule has 2 unspecified atom stereocenters. The molecule has 3 aromatic rings. The van der Waals surface area contributed by atoms with E-state index in [4.69, 9.17) is 28.7 Å². The lowest BCUT2D eigenvalue weighted by Gasteiger charge is -2.43. The van der Waals surface area contributed by atoms with Gasteiger partial charge in [0, 0.05) is 17.8 Å². The van der Waals surface area contributed by atoms with E-state index in [1.54, 1.807) is 28.4 Å². The standard InChI is InChI=1S/C29H35N3O5/c1-7-29(28(2)14-8-16-30-28,15-13-20-9-11-23(33-3)25(17-20)35-5)37-27-19-22(31-32-27)21-10-12-24(34-4)26(18-21)36-6/h8-12,14,16-19H,7,13,15H2,1-6H3,(H,31,32). The van der Waals surface area contributed by atoms with Gasteiger partial charge in [-0.25, -0.2) is 0 Å². The Morgan fingerprint density at radius 3 is 2.16 bits per heavy atom. The molecule has 0 saturated carbocycles. The largest absolute Gasteiger partial charge is 0.493 e. The molecule has 0 bridgehead atoms. The molecule has 1 aromatic heterocycles. The number of aryl methyl sites for hydroxylation is 1. The molecule has 0 fully saturated rings. The minimum absolute atomic E-state index is 0.510. The van der Waals surface area contributed by atoms with Crippen LogP contribution in [-0.4, -0.2) is 56.0 Å². The minimum atomic E-state index is -0.631. The summed E-state index contributed by atoms with van der Waals surface area (Å²) in [4.78, 5) is 4.81. The molecule has 8 heteroatoms. The Morgan fingerprint density at radius 2 is 1.54 bits per heavy atom. The first-order valence-electron chi connectivity index (χ1n) is 12.3. The fraction of sp³-hybridized carbons (Fsp3) is 0.379. The van der Waals surface area contributed by atoms with Crippen LogP contribution >= 0.6 is 0 Å². The van der Waals surface area contributed by atoms with Crippen molar-refractivity contribution in [1.82, 2.24) is 10.2 Å². The number of nitrogens with one attached hydrogen (secondary N) is 1. The maximum absolute atomic E-state index is 6.75. The molecule has 1 N–H and O–H groups in total. The van der Waals surface area contributed by atoms with Crippen LogP contribution in [0.25, 0.3) is 11.3 Å². The van der Waals surface area contributed by atoms with E-state index in [9.17, 15) is 0 Å². The molecule has 1 aliphatic rings. The second-order valence-electron chi connectivity index (χ2n) is 9.11. The van der Waals surface area contributed by atoms with Crippen molar-refractivity contribution in [3.05, 3.63) is 60.2 Å². The van der Waals surface area contributed by atoms with Gasteiger partial charge in [-0.2, -0.15) is 0 Å². The number of methoxy groups -OCH3 is 4. The molecule has 2 atom stereocenters. The molecule has 1 aliphatic heterocycles. The number of ether oxygens (including phenoxy) is 5. The molecule has 196 valence electrons. The summed E-state index contributed by atoms with van der Waals surface area (Å²) in [5.41, 5.74) is 1.68. The second-order valence-corrected chi connectivity index (χ2v) is 9.11. The fourth-order valence-electron chi connectivity index (χ4n) is 4.84. The van der Waals surface area contributed by atoms with Crippen molar-refractivity contribution >= 4 is 6.21 Å². The maximum Gasteiger partial charge on any atom is 0.233 e. The number of aromatic nitrogens is 2. The Balaban J connectivity index is 1.62. The molecular formula is C29H35N3O5. The Labute approximate surface area is 218 Å². The summed E-state index contributed by atoms with van der Waals surface area (Å²) in [6, 6.07) is 13.6. The zero-order chi connectivity index (χ0) is 26.5. The van der Waals surface area contributed by atoms with Crippen molar-refractivity contribution in [2.75, 3.05) is 28.4 Å². The maximum atomic E-state index is 6.75. The van der Waals surface area contributed by atoms with Crippen molar-refractivity contribution in [1.29, 1.82) is 0 Å². The summed E-state index contributed by atoms with van der Waals surface area (Å²) < 4.78 is 28.5. The Kier molecular flexibility index (Phi) is 7.76. The Morgan fingerprint density at radius 1 is 0.865 bits per heavy atom. The molecule has 2 aromatic carbocycles. The minimum Gasteiger partial charge on any atom is -0.493 e. The number of aliphatic imine (C=N–C) groups is 1. The van der Waals surface area contributed by atoms with Gasteiger partial charge in [-0.1, -0.05) is 19.1 Å². The lowest BCUT2D eigenvalue weighted by atomic mass is 9.75. The molecule has 0 saturated heterocycles. The molecule has 0 radical (unpaired) electrons. The zero-order valence-corrected chi connectivity index (χ0v) is 22.3. The highest BCUT2D eigenvalue weighted by molar-refractivity contribution is 5.75. The summed E-state index contributed by atoms with van der Waals surface area (Å²) in [5.74, 6) is 3.24. The van der Waals surface area contributed by atoms with Gasteiger partial charge in [0.05, 0.1) is 34.1 Å². The smallest absolute Gasteiger partial charge is 0.233 e. The van der Waals surface area contributed by atoms with Crippen molar-refractivity contribution in [3.63, 3.8) is 0 Å². The average molecular weight is 506 g/mol. The van der Waals surface area contributed by atoms with E-state index in [2.05, 4.69) is 36.2 Å². The number of hydrogen-bond donors (Lipinski definition) is 1. The van der Waals surface area contributed by atoms with E-state index in [1.165, 1.54) is 0 Å². The van der Waals surface area contributed by atoms with Gasteiger partial charge in [-0.15, -0.1) is 5.10 Å². The molecular weight excluding hydrogens is 470 g/mol. The van der Waals surface area contributed by atoms with Gasteiger partial charge in [0.2, 0.25) is 5.88 Å². The number of hydrogen-bond acceptors (Lipinski definition) is 7. The summed E-state index contributed by atoms with van der Waals surface area (Å²) >= 11 is 0. The van der Waals surface area contributed by atoms with Crippen molar-refractivity contribution < 1.29 is 23.7 Å². The van der Waals surface area contributed by atoms with E-state index < -0.39 is 11.1 Å². The van der Waals surface area contributed by atoms with Crippen LogP contribution in [-0.2, 0) is 6.42 Å². The van der Waals surface area contributed by atoms with E-state index >= 15 is 0 Å². The monoisotopic (exact) mass is 505 g/mol. The van der Waals surface area contributed by atoms with Gasteiger partial charge >= 0.3 is 0 Å². The van der Waals surface area contributed by atoms with E-state index in [0.29, 0.717) is 28.9 Å². The van der Waals surface area contributed by atoms with Gasteiger partial charge in [-0.05, 0) is 68.2 Å². The fourth-order valence-corrected chi connectivity index (χ4v) is 4.84. The van der Waals surface area contributed by atoms with Crippen molar-refractivity contribution in [2.45, 2.75) is 44.2 Å². The summed E-state index contributed by atoms with van der Waals surface area (Å²) in [6.45, 7) is 4.23. The van der Waals surface area contributed by atoms with Crippen LogP contribution in [0.1, 0.15) is 32.3 Å². The van der Waals surface area contributed by atoms with Crippen molar-refractivity contribution in [3.8, 4) is 40.1 Å². The Bertz CT molecular complexity index is 1270. The van der Waals surface area contributed by atoms with E-state index in [0.717, 1.165) is 36.1 Å². The molecule has 8 nitrogen and oxygen atoms in total. The Hall–Kier alpha value is -3.94. The number of allylic oxidation sites excluding steroid dienone is 1. The van der Waals surface area contributed by atoms with Gasteiger partial charge < -0.3 is 23.7 Å². The summed E-state index contributed by atoms with van der Waals surface area (Å²) in [7, 11) is 6.52. The highest BCUT2D eigenvalue weighted by Gasteiger charge is 2.48. The quantitative estimate of drug-likeness (QED) is 0.341. The third-order valence-electron chi connectivity index (χ3n) is 7.16. The number of rotatable bonds is 12. The lowest BCUT2D eigenvalue weighted by molar-refractivity contribution is 0.00331. The summed E-state index contributed by atoms with van der Waals surface area (Å²) in [6.07, 6.45) is 8.13. The number of nitrogens with zero attached hydrogens (tertiary/aromatic N) is 2. The first kappa shape index (κ1) is 26.1. The van der Waals surface area contributed by atoms with E-state index in [-0.39, 0.29) is 0 Å². The number of benzene rings is 2. The van der Waals surface area contributed by atoms with Gasteiger partial charge in [0.15, 0.2) is 23.0 Å². The number of aromatic amines is 1. The predicted octanol–water partition coefficient (Wildman–Crippen LogP) is 5.67. The third kappa shape index (κ3) is 5.14. The molecule has 0 spiro atoms. The third-order valence-corrected chi connectivity index (χ3v) is 7.16. The van der Waals surface area contributed by atoms with Crippen LogP contribution in [0.4, 0.5) is 0 Å². The van der Waals surface area contributed by atoms with Crippen LogP contribution in [0, 0.1) is 0 Å². The van der Waals surface area contributed by atoms with Crippen LogP contribution < -0.4 is 23.7 Å². The normalized spacial score (nSPS) is 17.9. The highest BCUT2D eigenvalue weighted by atomic mass is 16.5. The molecule has 37 heavy (non-hydrogen) atoms. The van der Waals surface area contributed by atoms with Crippen LogP contribution in [0.3, 0.4) is 0 Å². The number of H-pyrrole nitrogens is 1. The SMILES string of the molecule is CCC(CCc1ccc(OC)c(OC)c1)(Oc1cc(-c2ccc(OC)c(OC)c2)[nH]n1)C1(C)C=CC=N1. The first-order chi connectivity index (χ1) is 17.9. The molecule has 0 amide bonds. The van der Waals surface area contributed by atoms with E-state index in [1.807, 2.05) is 48.7 Å². The molecule has 2 heterocycles. The van der Waals surface area contributed by atoms with Gasteiger partial charge in [-0.3, -0.25) is 10.1 Å². The zero-order valence-electron chi connectivity index (χ0n) is 22.3. The lowest BCUT2D eigenvalue weighted by Crippen LogP contribution is -2.53.